The molecule has 8 nitrogen and oxygen atoms in total. The molecule has 3 aromatic rings. The van der Waals surface area contributed by atoms with Crippen LogP contribution in [0.2, 0.25) is 0 Å². The Kier molecular flexibility index (Phi) is 5.59. The van der Waals surface area contributed by atoms with E-state index < -0.39 is 24.5 Å². The highest BCUT2D eigenvalue weighted by atomic mass is 16.5. The van der Waals surface area contributed by atoms with E-state index in [0.29, 0.717) is 17.0 Å². The molecule has 0 atom stereocenters. The fourth-order valence-electron chi connectivity index (χ4n) is 2.71. The molecule has 3 amide bonds. The molecule has 0 aliphatic carbocycles. The zero-order chi connectivity index (χ0) is 20.1. The lowest BCUT2D eigenvalue weighted by molar-refractivity contribution is -0.123. The number of nitrogens with zero attached hydrogens (tertiary/aromatic N) is 1. The first-order valence-corrected chi connectivity index (χ1v) is 8.44. The molecular weight excluding hydrogens is 362 g/mol. The van der Waals surface area contributed by atoms with E-state index in [1.54, 1.807) is 41.1 Å². The number of amides is 3. The van der Waals surface area contributed by atoms with Crippen molar-refractivity contribution in [2.75, 3.05) is 19.0 Å². The van der Waals surface area contributed by atoms with Crippen molar-refractivity contribution in [1.29, 1.82) is 0 Å². The van der Waals surface area contributed by atoms with Crippen molar-refractivity contribution in [3.63, 3.8) is 0 Å². The van der Waals surface area contributed by atoms with Crippen molar-refractivity contribution in [1.82, 2.24) is 9.88 Å². The average molecular weight is 381 g/mol. The van der Waals surface area contributed by atoms with Crippen molar-refractivity contribution in [2.24, 2.45) is 7.05 Å². The lowest BCUT2D eigenvalue weighted by Crippen LogP contribution is -2.37. The zero-order valence-electron chi connectivity index (χ0n) is 15.4. The molecule has 0 saturated heterocycles. The maximum atomic E-state index is 12.3. The molecule has 144 valence electrons. The van der Waals surface area contributed by atoms with Crippen LogP contribution in [-0.4, -0.2) is 36.2 Å². The minimum atomic E-state index is -0.736. The van der Waals surface area contributed by atoms with E-state index in [2.05, 4.69) is 10.6 Å². The third kappa shape index (κ3) is 4.29. The highest BCUT2D eigenvalue weighted by Crippen LogP contribution is 2.21. The molecule has 0 aliphatic heterocycles. The number of benzene rings is 2. The lowest BCUT2D eigenvalue weighted by atomic mass is 10.2. The normalized spacial score (nSPS) is 10.4. The van der Waals surface area contributed by atoms with Gasteiger partial charge in [0.2, 0.25) is 0 Å². The molecule has 2 aromatic carbocycles. The number of fused-ring (bicyclic) bond motifs is 1. The number of methoxy groups -OCH3 is 1. The minimum Gasteiger partial charge on any atom is -0.497 e. The number of rotatable bonds is 5. The summed E-state index contributed by atoms with van der Waals surface area (Å²) in [5, 5.41) is 5.33. The number of aromatic nitrogens is 1. The van der Waals surface area contributed by atoms with E-state index in [4.69, 9.17) is 9.47 Å². The lowest BCUT2D eigenvalue weighted by Gasteiger charge is -2.08. The Labute approximate surface area is 161 Å². The van der Waals surface area contributed by atoms with Gasteiger partial charge in [-0.2, -0.15) is 0 Å². The van der Waals surface area contributed by atoms with Gasteiger partial charge < -0.3 is 19.4 Å². The zero-order valence-corrected chi connectivity index (χ0v) is 15.4. The number of nitrogens with one attached hydrogen (secondary N) is 2. The van der Waals surface area contributed by atoms with Crippen LogP contribution in [0.5, 0.6) is 5.75 Å². The standard InChI is InChI=1S/C20H19N3O5/c1-23-11-16(15-5-3-4-6-17(15)23)19(25)28-12-18(24)22-20(26)21-13-7-9-14(27-2)10-8-13/h3-11H,12H2,1-2H3,(H2,21,22,24,26). The second kappa shape index (κ2) is 8.26. The Morgan fingerprint density at radius 1 is 1.04 bits per heavy atom. The summed E-state index contributed by atoms with van der Waals surface area (Å²) in [5.74, 6) is -0.732. The van der Waals surface area contributed by atoms with E-state index in [0.717, 1.165) is 10.9 Å². The Morgan fingerprint density at radius 2 is 1.75 bits per heavy atom. The summed E-state index contributed by atoms with van der Waals surface area (Å²) in [6, 6.07) is 13.2. The summed E-state index contributed by atoms with van der Waals surface area (Å²) in [6.07, 6.45) is 1.64. The van der Waals surface area contributed by atoms with Gasteiger partial charge in [0.15, 0.2) is 6.61 Å². The molecule has 0 spiro atoms. The average Bonchev–Trinajstić information content (AvgIpc) is 3.04. The van der Waals surface area contributed by atoms with Crippen LogP contribution in [0, 0.1) is 0 Å². The largest absolute Gasteiger partial charge is 0.497 e. The molecule has 0 bridgehead atoms. The van der Waals surface area contributed by atoms with Crippen LogP contribution >= 0.6 is 0 Å². The van der Waals surface area contributed by atoms with E-state index in [-0.39, 0.29) is 0 Å². The second-order valence-corrected chi connectivity index (χ2v) is 5.98. The number of hydrogen-bond donors (Lipinski definition) is 2. The highest BCUT2D eigenvalue weighted by molar-refractivity contribution is 6.06. The molecule has 8 heteroatoms. The van der Waals surface area contributed by atoms with Gasteiger partial charge in [0.05, 0.1) is 12.7 Å². The molecule has 1 heterocycles. The number of carbonyl (C=O) groups excluding carboxylic acids is 3. The molecule has 0 unspecified atom stereocenters. The predicted molar refractivity (Wildman–Crippen MR) is 103 cm³/mol. The molecule has 0 fully saturated rings. The van der Waals surface area contributed by atoms with Crippen LogP contribution in [0.25, 0.3) is 10.9 Å². The van der Waals surface area contributed by atoms with E-state index >= 15 is 0 Å². The molecule has 1 aromatic heterocycles. The van der Waals surface area contributed by atoms with Gasteiger partial charge in [-0.05, 0) is 30.3 Å². The number of ether oxygens (including phenoxy) is 2. The summed E-state index contributed by atoms with van der Waals surface area (Å²) in [4.78, 5) is 36.0. The van der Waals surface area contributed by atoms with Gasteiger partial charge >= 0.3 is 12.0 Å². The second-order valence-electron chi connectivity index (χ2n) is 5.98. The van der Waals surface area contributed by atoms with Crippen molar-refractivity contribution in [2.45, 2.75) is 0 Å². The summed E-state index contributed by atoms with van der Waals surface area (Å²) in [7, 11) is 3.35. The Morgan fingerprint density at radius 3 is 2.46 bits per heavy atom. The first-order valence-electron chi connectivity index (χ1n) is 8.44. The minimum absolute atomic E-state index is 0.355. The van der Waals surface area contributed by atoms with Gasteiger partial charge in [0, 0.05) is 29.8 Å². The van der Waals surface area contributed by atoms with Crippen LogP contribution in [0.15, 0.2) is 54.7 Å². The SMILES string of the molecule is COc1ccc(NC(=O)NC(=O)COC(=O)c2cn(C)c3ccccc23)cc1. The molecule has 3 rings (SSSR count). The van der Waals surface area contributed by atoms with Crippen LogP contribution in [-0.2, 0) is 16.6 Å². The fraction of sp³-hybridized carbons (Fsp3) is 0.150. The number of hydrogen-bond acceptors (Lipinski definition) is 5. The van der Waals surface area contributed by atoms with Gasteiger partial charge in [0.25, 0.3) is 5.91 Å². The van der Waals surface area contributed by atoms with Gasteiger partial charge in [-0.25, -0.2) is 9.59 Å². The third-order valence-corrected chi connectivity index (χ3v) is 4.05. The summed E-state index contributed by atoms with van der Waals surface area (Å²) in [5.41, 5.74) is 1.71. The smallest absolute Gasteiger partial charge is 0.340 e. The number of esters is 1. The summed E-state index contributed by atoms with van der Waals surface area (Å²) in [6.45, 7) is -0.571. The third-order valence-electron chi connectivity index (χ3n) is 4.05. The molecular formula is C20H19N3O5. The van der Waals surface area contributed by atoms with Crippen LogP contribution in [0.1, 0.15) is 10.4 Å². The monoisotopic (exact) mass is 381 g/mol. The van der Waals surface area contributed by atoms with Crippen LogP contribution < -0.4 is 15.4 Å². The summed E-state index contributed by atoms with van der Waals surface area (Å²) < 4.78 is 11.9. The topological polar surface area (TPSA) is 98.7 Å². The quantitative estimate of drug-likeness (QED) is 0.662. The molecule has 0 saturated carbocycles. The van der Waals surface area contributed by atoms with Gasteiger partial charge in [0.1, 0.15) is 5.75 Å². The molecule has 2 N–H and O–H groups in total. The Bertz CT molecular complexity index is 1020. The van der Waals surface area contributed by atoms with E-state index in [1.807, 2.05) is 25.2 Å². The van der Waals surface area contributed by atoms with Gasteiger partial charge in [-0.15, -0.1) is 0 Å². The number of urea groups is 1. The highest BCUT2D eigenvalue weighted by Gasteiger charge is 2.17. The van der Waals surface area contributed by atoms with Crippen molar-refractivity contribution < 1.29 is 23.9 Å². The number of anilines is 1. The maximum absolute atomic E-state index is 12.3. The Balaban J connectivity index is 1.53. The van der Waals surface area contributed by atoms with E-state index in [9.17, 15) is 14.4 Å². The Hall–Kier alpha value is -3.81. The van der Waals surface area contributed by atoms with Crippen LogP contribution in [0.3, 0.4) is 0 Å². The predicted octanol–water partition coefficient (Wildman–Crippen LogP) is 2.69. The summed E-state index contributed by atoms with van der Waals surface area (Å²) >= 11 is 0. The fourth-order valence-corrected chi connectivity index (χ4v) is 2.71. The molecule has 0 radical (unpaired) electrons. The first-order chi connectivity index (χ1) is 13.5. The van der Waals surface area contributed by atoms with Crippen molar-refractivity contribution >= 4 is 34.5 Å². The van der Waals surface area contributed by atoms with E-state index in [1.165, 1.54) is 7.11 Å². The van der Waals surface area contributed by atoms with Gasteiger partial charge in [-0.3, -0.25) is 10.1 Å². The van der Waals surface area contributed by atoms with Crippen molar-refractivity contribution in [3.05, 3.63) is 60.3 Å². The maximum Gasteiger partial charge on any atom is 0.340 e. The number of para-hydroxylation sites is 1. The first kappa shape index (κ1) is 19.0. The van der Waals surface area contributed by atoms with Gasteiger partial charge in [-0.1, -0.05) is 18.2 Å². The molecule has 0 aliphatic rings. The molecule has 28 heavy (non-hydrogen) atoms. The van der Waals surface area contributed by atoms with Crippen molar-refractivity contribution in [3.8, 4) is 5.75 Å². The number of imide groups is 1. The number of aryl methyl sites for hydroxylation is 1. The van der Waals surface area contributed by atoms with Crippen LogP contribution in [0.4, 0.5) is 10.5 Å². The number of carbonyl (C=O) groups is 3.